The average molecular weight is 273 g/mol. The van der Waals surface area contributed by atoms with Gasteiger partial charge in [-0.3, -0.25) is 0 Å². The van der Waals surface area contributed by atoms with Gasteiger partial charge in [-0.1, -0.05) is 43.0 Å². The van der Waals surface area contributed by atoms with Crippen LogP contribution in [0.1, 0.15) is 16.7 Å². The molecule has 1 N–H and O–H groups in total. The number of benzene rings is 2. The minimum absolute atomic E-state index is 0.271. The molecule has 0 aliphatic carbocycles. The molecule has 0 fully saturated rings. The lowest BCUT2D eigenvalue weighted by Gasteiger charge is -2.11. The molecule has 2 aromatic rings. The summed E-state index contributed by atoms with van der Waals surface area (Å²) in [5.41, 5.74) is 4.40. The highest BCUT2D eigenvalue weighted by atomic mass is 32.2. The highest BCUT2D eigenvalue weighted by molar-refractivity contribution is 7.94. The maximum Gasteiger partial charge on any atom is 0.0812 e. The Balaban J connectivity index is 2.25. The Morgan fingerprint density at radius 2 is 1.84 bits per heavy atom. The molecule has 0 bridgehead atoms. The predicted octanol–water partition coefficient (Wildman–Crippen LogP) is 4.44. The first kappa shape index (κ1) is 13.7. The fourth-order valence-electron chi connectivity index (χ4n) is 1.98. The maximum absolute atomic E-state index is 12.4. The van der Waals surface area contributed by atoms with Crippen LogP contribution in [0, 0.1) is 0 Å². The van der Waals surface area contributed by atoms with E-state index in [4.69, 9.17) is 0 Å². The zero-order chi connectivity index (χ0) is 13.7. The Bertz CT molecular complexity index is 563. The summed E-state index contributed by atoms with van der Waals surface area (Å²) in [7, 11) is 1.87. The Morgan fingerprint density at radius 1 is 1.16 bits per heavy atom. The van der Waals surface area contributed by atoms with E-state index in [1.807, 2.05) is 31.3 Å². The van der Waals surface area contributed by atoms with Crippen LogP contribution in [0.25, 0.3) is 5.70 Å². The lowest BCUT2D eigenvalue weighted by molar-refractivity contribution is 0.934. The van der Waals surface area contributed by atoms with Crippen molar-refractivity contribution in [3.8, 4) is 0 Å². The van der Waals surface area contributed by atoms with Crippen LogP contribution in [0.4, 0.5) is 3.89 Å². The molecule has 0 radical (unpaired) electrons. The second-order valence-corrected chi connectivity index (χ2v) is 4.91. The molecule has 2 aromatic carbocycles. The van der Waals surface area contributed by atoms with Gasteiger partial charge in [0.25, 0.3) is 0 Å². The number of hydrogen-bond acceptors (Lipinski definition) is 2. The minimum atomic E-state index is 0.271. The predicted molar refractivity (Wildman–Crippen MR) is 80.7 cm³/mol. The summed E-state index contributed by atoms with van der Waals surface area (Å²) in [6, 6.07) is 15.7. The van der Waals surface area contributed by atoms with Crippen molar-refractivity contribution in [3.05, 3.63) is 71.8 Å². The van der Waals surface area contributed by atoms with Gasteiger partial charge >= 0.3 is 0 Å². The molecule has 0 saturated heterocycles. The first-order valence-corrected chi connectivity index (χ1v) is 6.78. The van der Waals surface area contributed by atoms with Crippen molar-refractivity contribution in [1.82, 2.24) is 5.32 Å². The Hall–Kier alpha value is -1.74. The van der Waals surface area contributed by atoms with Crippen LogP contribution in [-0.2, 0) is 6.42 Å². The molecule has 1 nitrogen and oxygen atoms in total. The fraction of sp³-hybridized carbons (Fsp3) is 0.125. The van der Waals surface area contributed by atoms with Crippen LogP contribution in [0.3, 0.4) is 0 Å². The summed E-state index contributed by atoms with van der Waals surface area (Å²) in [5, 5.41) is 3.08. The third-order valence-electron chi connectivity index (χ3n) is 3.05. The number of hydrogen-bond donors (Lipinski definition) is 1. The molecule has 98 valence electrons. The van der Waals surface area contributed by atoms with Crippen molar-refractivity contribution < 1.29 is 3.89 Å². The van der Waals surface area contributed by atoms with Gasteiger partial charge in [0.2, 0.25) is 0 Å². The molecule has 0 aromatic heterocycles. The van der Waals surface area contributed by atoms with E-state index >= 15 is 0 Å². The van der Waals surface area contributed by atoms with E-state index in [1.54, 1.807) is 12.1 Å². The smallest absolute Gasteiger partial charge is 0.0812 e. The molecular weight excluding hydrogens is 257 g/mol. The zero-order valence-electron chi connectivity index (χ0n) is 10.8. The van der Waals surface area contributed by atoms with Crippen LogP contribution >= 0.6 is 12.1 Å². The third-order valence-corrected chi connectivity index (χ3v) is 3.50. The van der Waals surface area contributed by atoms with Gasteiger partial charge in [0.1, 0.15) is 0 Å². The minimum Gasteiger partial charge on any atom is -0.388 e. The zero-order valence-corrected chi connectivity index (χ0v) is 11.6. The van der Waals surface area contributed by atoms with Gasteiger partial charge in [-0.15, -0.1) is 0 Å². The van der Waals surface area contributed by atoms with E-state index < -0.39 is 0 Å². The van der Waals surface area contributed by atoms with Gasteiger partial charge in [-0.05, 0) is 29.7 Å². The molecule has 0 atom stereocenters. The number of rotatable bonds is 5. The van der Waals surface area contributed by atoms with E-state index in [1.165, 1.54) is 5.56 Å². The molecule has 2 rings (SSSR count). The Labute approximate surface area is 117 Å². The van der Waals surface area contributed by atoms with E-state index in [9.17, 15) is 3.89 Å². The normalized spacial score (nSPS) is 10.2. The average Bonchev–Trinajstić information content (AvgIpc) is 2.48. The highest BCUT2D eigenvalue weighted by Gasteiger charge is 2.05. The maximum atomic E-state index is 12.4. The summed E-state index contributed by atoms with van der Waals surface area (Å²) in [6.07, 6.45) is 0.814. The summed E-state index contributed by atoms with van der Waals surface area (Å²) in [6.45, 7) is 4.01. The lowest BCUT2D eigenvalue weighted by atomic mass is 9.98. The molecule has 0 aliphatic rings. The SMILES string of the molecule is C=C(NC)c1ccccc1Cc1ccc(SF)cc1. The Kier molecular flexibility index (Phi) is 4.63. The van der Waals surface area contributed by atoms with Crippen LogP contribution in [0.5, 0.6) is 0 Å². The summed E-state index contributed by atoms with van der Waals surface area (Å²) in [5.74, 6) is 0. The molecule has 19 heavy (non-hydrogen) atoms. The lowest BCUT2D eigenvalue weighted by Crippen LogP contribution is -2.05. The van der Waals surface area contributed by atoms with Crippen molar-refractivity contribution in [2.24, 2.45) is 0 Å². The molecule has 0 amide bonds. The number of halogens is 1. The molecular formula is C16H16FNS. The van der Waals surface area contributed by atoms with Crippen molar-refractivity contribution in [1.29, 1.82) is 0 Å². The van der Waals surface area contributed by atoms with Crippen molar-refractivity contribution in [2.75, 3.05) is 7.05 Å². The van der Waals surface area contributed by atoms with Crippen molar-refractivity contribution in [3.63, 3.8) is 0 Å². The molecule has 0 spiro atoms. The largest absolute Gasteiger partial charge is 0.388 e. The molecule has 0 saturated carbocycles. The summed E-state index contributed by atoms with van der Waals surface area (Å²) >= 11 is 0.271. The van der Waals surface area contributed by atoms with Crippen molar-refractivity contribution in [2.45, 2.75) is 11.3 Å². The van der Waals surface area contributed by atoms with E-state index in [0.29, 0.717) is 4.90 Å². The van der Waals surface area contributed by atoms with Gasteiger partial charge in [0.05, 0.1) is 12.1 Å². The van der Waals surface area contributed by atoms with Crippen LogP contribution in [0.15, 0.2) is 60.0 Å². The molecule has 3 heteroatoms. The second-order valence-electron chi connectivity index (χ2n) is 4.28. The van der Waals surface area contributed by atoms with Gasteiger partial charge in [-0.25, -0.2) is 0 Å². The van der Waals surface area contributed by atoms with Crippen molar-refractivity contribution >= 4 is 17.8 Å². The second kappa shape index (κ2) is 6.43. The van der Waals surface area contributed by atoms with Gasteiger partial charge < -0.3 is 5.32 Å². The van der Waals surface area contributed by atoms with E-state index in [-0.39, 0.29) is 12.1 Å². The van der Waals surface area contributed by atoms with Gasteiger partial charge in [0.15, 0.2) is 0 Å². The number of nitrogens with one attached hydrogen (secondary N) is 1. The summed E-state index contributed by atoms with van der Waals surface area (Å²) < 4.78 is 12.4. The highest BCUT2D eigenvalue weighted by Crippen LogP contribution is 2.22. The van der Waals surface area contributed by atoms with Gasteiger partial charge in [0, 0.05) is 23.2 Å². The van der Waals surface area contributed by atoms with E-state index in [2.05, 4.69) is 24.0 Å². The fourth-order valence-corrected chi connectivity index (χ4v) is 2.22. The van der Waals surface area contributed by atoms with E-state index in [0.717, 1.165) is 23.2 Å². The quantitative estimate of drug-likeness (QED) is 0.864. The monoisotopic (exact) mass is 273 g/mol. The molecule has 0 aliphatic heterocycles. The molecule has 0 unspecified atom stereocenters. The van der Waals surface area contributed by atoms with Crippen LogP contribution in [0.2, 0.25) is 0 Å². The standard InChI is InChI=1S/C16H16FNS/c1-12(18-2)16-6-4-3-5-14(16)11-13-7-9-15(19-17)10-8-13/h3-10,18H,1,11H2,2H3. The Morgan fingerprint density at radius 3 is 2.47 bits per heavy atom. The van der Waals surface area contributed by atoms with Gasteiger partial charge in [-0.2, -0.15) is 3.89 Å². The van der Waals surface area contributed by atoms with Crippen LogP contribution in [-0.4, -0.2) is 7.05 Å². The van der Waals surface area contributed by atoms with Crippen LogP contribution < -0.4 is 5.32 Å². The first-order valence-electron chi connectivity index (χ1n) is 6.07. The molecule has 0 heterocycles. The first-order chi connectivity index (χ1) is 9.24. The topological polar surface area (TPSA) is 12.0 Å². The third kappa shape index (κ3) is 3.38. The summed E-state index contributed by atoms with van der Waals surface area (Å²) in [4.78, 5) is 0.636.